The average molecular weight is 428 g/mol. The van der Waals surface area contributed by atoms with Crippen LogP contribution in [0.4, 0.5) is 5.00 Å². The van der Waals surface area contributed by atoms with Gasteiger partial charge in [-0.15, -0.1) is 11.3 Å². The van der Waals surface area contributed by atoms with E-state index in [4.69, 9.17) is 4.74 Å². The van der Waals surface area contributed by atoms with Crippen molar-refractivity contribution in [2.45, 2.75) is 38.6 Å². The van der Waals surface area contributed by atoms with Crippen molar-refractivity contribution in [3.8, 4) is 5.75 Å². The van der Waals surface area contributed by atoms with Gasteiger partial charge in [0.2, 0.25) is 5.91 Å². The van der Waals surface area contributed by atoms with E-state index in [9.17, 15) is 9.59 Å². The second-order valence-electron chi connectivity index (χ2n) is 8.13. The first-order valence-corrected chi connectivity index (χ1v) is 11.4. The van der Waals surface area contributed by atoms with Crippen molar-refractivity contribution < 1.29 is 14.3 Å². The van der Waals surface area contributed by atoms with Crippen LogP contribution in [-0.4, -0.2) is 43.5 Å². The highest BCUT2D eigenvalue weighted by Gasteiger charge is 2.30. The Labute approximate surface area is 181 Å². The summed E-state index contributed by atoms with van der Waals surface area (Å²) in [5, 5.41) is 6.83. The smallest absolute Gasteiger partial charge is 0.261 e. The van der Waals surface area contributed by atoms with Crippen LogP contribution in [0.25, 0.3) is 0 Å². The van der Waals surface area contributed by atoms with E-state index in [0.29, 0.717) is 11.4 Å². The van der Waals surface area contributed by atoms with E-state index >= 15 is 0 Å². The van der Waals surface area contributed by atoms with E-state index in [0.717, 1.165) is 42.2 Å². The van der Waals surface area contributed by atoms with E-state index in [-0.39, 0.29) is 23.8 Å². The van der Waals surface area contributed by atoms with Gasteiger partial charge in [0.25, 0.3) is 5.91 Å². The molecule has 1 saturated carbocycles. The van der Waals surface area contributed by atoms with Crippen LogP contribution in [0.15, 0.2) is 30.3 Å². The fourth-order valence-electron chi connectivity index (χ4n) is 3.94. The lowest BCUT2D eigenvalue weighted by atomic mass is 10.1. The third-order valence-corrected chi connectivity index (χ3v) is 7.01. The van der Waals surface area contributed by atoms with Gasteiger partial charge in [0, 0.05) is 12.5 Å². The molecule has 0 radical (unpaired) electrons. The van der Waals surface area contributed by atoms with Crippen molar-refractivity contribution in [2.75, 3.05) is 32.1 Å². The molecule has 2 fully saturated rings. The van der Waals surface area contributed by atoms with Crippen molar-refractivity contribution >= 4 is 28.2 Å². The molecule has 2 N–H and O–H groups in total. The second-order valence-corrected chi connectivity index (χ2v) is 9.18. The summed E-state index contributed by atoms with van der Waals surface area (Å²) in [5.41, 5.74) is 2.07. The Morgan fingerprint density at radius 2 is 1.90 bits per heavy atom. The maximum absolute atomic E-state index is 12.9. The quantitative estimate of drug-likeness (QED) is 0.669. The Bertz CT molecular complexity index is 899. The van der Waals surface area contributed by atoms with Crippen LogP contribution < -0.4 is 15.4 Å². The molecule has 7 heteroatoms. The van der Waals surface area contributed by atoms with Gasteiger partial charge in [-0.05, 0) is 75.0 Å². The number of benzene rings is 1. The van der Waals surface area contributed by atoms with E-state index in [1.807, 2.05) is 25.1 Å². The Kier molecular flexibility index (Phi) is 6.39. The maximum atomic E-state index is 12.9. The normalized spacial score (nSPS) is 17.5. The van der Waals surface area contributed by atoms with Gasteiger partial charge in [-0.3, -0.25) is 14.5 Å². The van der Waals surface area contributed by atoms with Gasteiger partial charge >= 0.3 is 0 Å². The van der Waals surface area contributed by atoms with Gasteiger partial charge in [-0.2, -0.15) is 0 Å². The third-order valence-electron chi connectivity index (χ3n) is 5.86. The predicted octanol–water partition coefficient (Wildman–Crippen LogP) is 3.98. The first-order chi connectivity index (χ1) is 14.5. The van der Waals surface area contributed by atoms with E-state index in [1.54, 1.807) is 7.11 Å². The van der Waals surface area contributed by atoms with Crippen molar-refractivity contribution in [3.63, 3.8) is 0 Å². The molecule has 6 nitrogen and oxygen atoms in total. The third kappa shape index (κ3) is 4.84. The van der Waals surface area contributed by atoms with Crippen molar-refractivity contribution in [2.24, 2.45) is 5.92 Å². The summed E-state index contributed by atoms with van der Waals surface area (Å²) in [4.78, 5) is 28.0. The molecule has 0 bridgehead atoms. The monoisotopic (exact) mass is 427 g/mol. The molecular weight excluding hydrogens is 398 g/mol. The number of methoxy groups -OCH3 is 1. The van der Waals surface area contributed by atoms with Gasteiger partial charge in [-0.1, -0.05) is 12.1 Å². The van der Waals surface area contributed by atoms with Crippen LogP contribution in [-0.2, 0) is 4.79 Å². The van der Waals surface area contributed by atoms with Crippen molar-refractivity contribution in [3.05, 3.63) is 46.3 Å². The molecule has 160 valence electrons. The Hall–Kier alpha value is -2.38. The summed E-state index contributed by atoms with van der Waals surface area (Å²) in [6.07, 6.45) is 4.31. The zero-order valence-corrected chi connectivity index (χ0v) is 18.4. The predicted molar refractivity (Wildman–Crippen MR) is 119 cm³/mol. The zero-order valence-electron chi connectivity index (χ0n) is 17.6. The number of thiophene rings is 1. The number of hydrogen-bond donors (Lipinski definition) is 2. The molecule has 2 aromatic rings. The molecule has 30 heavy (non-hydrogen) atoms. The molecule has 2 aliphatic rings. The van der Waals surface area contributed by atoms with Gasteiger partial charge in [0.15, 0.2) is 0 Å². The van der Waals surface area contributed by atoms with Crippen LogP contribution in [0.1, 0.15) is 52.5 Å². The number of carbonyl (C=O) groups excluding carboxylic acids is 2. The number of nitrogens with one attached hydrogen (secondary N) is 2. The lowest BCUT2D eigenvalue weighted by molar-refractivity contribution is -0.117. The minimum absolute atomic E-state index is 0.0665. The zero-order chi connectivity index (χ0) is 21.1. The van der Waals surface area contributed by atoms with E-state index < -0.39 is 0 Å². The molecule has 1 aromatic carbocycles. The first-order valence-electron chi connectivity index (χ1n) is 10.6. The van der Waals surface area contributed by atoms with Gasteiger partial charge in [0.1, 0.15) is 5.75 Å². The molecule has 0 spiro atoms. The van der Waals surface area contributed by atoms with Crippen molar-refractivity contribution in [1.29, 1.82) is 0 Å². The lowest BCUT2D eigenvalue weighted by Crippen LogP contribution is -2.36. The molecule has 1 saturated heterocycles. The highest BCUT2D eigenvalue weighted by Crippen LogP contribution is 2.33. The number of hydrogen-bond acceptors (Lipinski definition) is 5. The number of likely N-dealkylation sites (tertiary alicyclic amines) is 1. The molecule has 1 aliphatic heterocycles. The SMILES string of the molecule is COc1ccc(C(CNC(=O)c2sc(NC(=O)C3CC3)cc2C)N2CCCC2)cc1. The van der Waals surface area contributed by atoms with Crippen LogP contribution in [0.5, 0.6) is 5.75 Å². The van der Waals surface area contributed by atoms with Crippen LogP contribution in [0, 0.1) is 12.8 Å². The Morgan fingerprint density at radius 3 is 2.53 bits per heavy atom. The largest absolute Gasteiger partial charge is 0.497 e. The van der Waals surface area contributed by atoms with Gasteiger partial charge in [-0.25, -0.2) is 0 Å². The van der Waals surface area contributed by atoms with Crippen LogP contribution in [0.2, 0.25) is 0 Å². The van der Waals surface area contributed by atoms with E-state index in [1.165, 1.54) is 29.7 Å². The molecule has 2 heterocycles. The average Bonchev–Trinajstić information content (AvgIpc) is 3.35. The summed E-state index contributed by atoms with van der Waals surface area (Å²) in [7, 11) is 1.66. The Morgan fingerprint density at radius 1 is 1.20 bits per heavy atom. The second kappa shape index (κ2) is 9.18. The fourth-order valence-corrected chi connectivity index (χ4v) is 4.94. The molecule has 4 rings (SSSR count). The lowest BCUT2D eigenvalue weighted by Gasteiger charge is -2.28. The number of nitrogens with zero attached hydrogens (tertiary/aromatic N) is 1. The van der Waals surface area contributed by atoms with Crippen LogP contribution >= 0.6 is 11.3 Å². The molecule has 1 atom stereocenters. The van der Waals surface area contributed by atoms with E-state index in [2.05, 4.69) is 27.7 Å². The number of ether oxygens (including phenoxy) is 1. The highest BCUT2D eigenvalue weighted by atomic mass is 32.1. The summed E-state index contributed by atoms with van der Waals surface area (Å²) in [6, 6.07) is 10.1. The molecular formula is C23H29N3O3S. The van der Waals surface area contributed by atoms with Gasteiger partial charge in [0.05, 0.1) is 23.0 Å². The number of aryl methyl sites for hydroxylation is 1. The topological polar surface area (TPSA) is 70.7 Å². The molecule has 1 unspecified atom stereocenters. The fraction of sp³-hybridized carbons (Fsp3) is 0.478. The van der Waals surface area contributed by atoms with Crippen molar-refractivity contribution in [1.82, 2.24) is 10.2 Å². The minimum atomic E-state index is -0.0814. The summed E-state index contributed by atoms with van der Waals surface area (Å²) < 4.78 is 5.28. The van der Waals surface area contributed by atoms with Crippen LogP contribution in [0.3, 0.4) is 0 Å². The molecule has 1 aliphatic carbocycles. The number of amides is 2. The summed E-state index contributed by atoms with van der Waals surface area (Å²) >= 11 is 1.35. The molecule has 2 amide bonds. The molecule has 1 aromatic heterocycles. The number of rotatable bonds is 8. The number of carbonyl (C=O) groups is 2. The summed E-state index contributed by atoms with van der Waals surface area (Å²) in [5.74, 6) is 0.965. The minimum Gasteiger partial charge on any atom is -0.497 e. The maximum Gasteiger partial charge on any atom is 0.261 e. The standard InChI is InChI=1S/C23H29N3O3S/c1-15-13-20(25-22(27)17-5-6-17)30-21(15)23(28)24-14-19(26-11-3-4-12-26)16-7-9-18(29-2)10-8-16/h7-10,13,17,19H,3-6,11-12,14H2,1-2H3,(H,24,28)(H,25,27). The summed E-state index contributed by atoms with van der Waals surface area (Å²) in [6.45, 7) is 4.55. The van der Waals surface area contributed by atoms with Gasteiger partial charge < -0.3 is 15.4 Å². The first kappa shape index (κ1) is 20.9. The highest BCUT2D eigenvalue weighted by molar-refractivity contribution is 7.18. The Balaban J connectivity index is 1.43. The number of anilines is 1.